The summed E-state index contributed by atoms with van der Waals surface area (Å²) in [6, 6.07) is 11.3. The molecule has 0 saturated carbocycles. The lowest BCUT2D eigenvalue weighted by Gasteiger charge is -2.06. The van der Waals surface area contributed by atoms with Gasteiger partial charge in [-0.1, -0.05) is 41.4 Å². The van der Waals surface area contributed by atoms with Gasteiger partial charge < -0.3 is 9.73 Å². The lowest BCUT2D eigenvalue weighted by molar-refractivity contribution is -0.136. The van der Waals surface area contributed by atoms with Gasteiger partial charge in [0.05, 0.1) is 32.9 Å². The number of anilines is 1. The van der Waals surface area contributed by atoms with Crippen molar-refractivity contribution in [3.8, 4) is 0 Å². The molecule has 7 nitrogen and oxygen atoms in total. The summed E-state index contributed by atoms with van der Waals surface area (Å²) in [6.07, 6.45) is 2.31. The van der Waals surface area contributed by atoms with Crippen LogP contribution >= 0.6 is 23.2 Å². The first-order valence-corrected chi connectivity index (χ1v) is 8.32. The molecule has 136 valence electrons. The SMILES string of the molecule is O=C(N/N=C/c1coc2ccccc2c1=O)C(=O)Nc1cccc(Cl)c1Cl. The fraction of sp³-hybridized carbons (Fsp3) is 0. The van der Waals surface area contributed by atoms with Crippen LogP contribution in [0.4, 0.5) is 5.69 Å². The number of hydrogen-bond donors (Lipinski definition) is 2. The molecule has 0 aliphatic heterocycles. The lowest BCUT2D eigenvalue weighted by atomic mass is 10.2. The summed E-state index contributed by atoms with van der Waals surface area (Å²) in [5.74, 6) is -2.05. The molecular weight excluding hydrogens is 393 g/mol. The highest BCUT2D eigenvalue weighted by Gasteiger charge is 2.15. The van der Waals surface area contributed by atoms with Gasteiger partial charge in [0.2, 0.25) is 5.43 Å². The Hall–Kier alpha value is -3.16. The predicted molar refractivity (Wildman–Crippen MR) is 103 cm³/mol. The number of carbonyl (C=O) groups is 2. The van der Waals surface area contributed by atoms with Crippen LogP contribution in [0.15, 0.2) is 63.0 Å². The summed E-state index contributed by atoms with van der Waals surface area (Å²) in [7, 11) is 0. The van der Waals surface area contributed by atoms with Crippen molar-refractivity contribution in [3.63, 3.8) is 0 Å². The number of fused-ring (bicyclic) bond motifs is 1. The molecule has 0 bridgehead atoms. The third-order valence-corrected chi connectivity index (χ3v) is 4.30. The minimum Gasteiger partial charge on any atom is -0.463 e. The number of benzene rings is 2. The van der Waals surface area contributed by atoms with E-state index in [0.29, 0.717) is 11.0 Å². The van der Waals surface area contributed by atoms with Crippen molar-refractivity contribution in [2.75, 3.05) is 5.32 Å². The van der Waals surface area contributed by atoms with Crippen LogP contribution in [0.2, 0.25) is 10.0 Å². The minimum absolute atomic E-state index is 0.109. The molecule has 0 aliphatic carbocycles. The Bertz CT molecular complexity index is 1130. The molecule has 0 spiro atoms. The van der Waals surface area contributed by atoms with Crippen molar-refractivity contribution in [1.82, 2.24) is 5.43 Å². The quantitative estimate of drug-likeness (QED) is 0.398. The molecule has 0 unspecified atom stereocenters. The Labute approximate surface area is 162 Å². The monoisotopic (exact) mass is 403 g/mol. The molecule has 2 N–H and O–H groups in total. The van der Waals surface area contributed by atoms with Crippen molar-refractivity contribution in [1.29, 1.82) is 0 Å². The zero-order valence-corrected chi connectivity index (χ0v) is 15.0. The Morgan fingerprint density at radius 2 is 1.81 bits per heavy atom. The normalized spacial score (nSPS) is 10.9. The van der Waals surface area contributed by atoms with Crippen LogP contribution in [0.25, 0.3) is 11.0 Å². The van der Waals surface area contributed by atoms with Gasteiger partial charge in [0.1, 0.15) is 11.8 Å². The molecule has 2 amide bonds. The first-order valence-electron chi connectivity index (χ1n) is 7.56. The maximum Gasteiger partial charge on any atom is 0.329 e. The van der Waals surface area contributed by atoms with Gasteiger partial charge in [0, 0.05) is 0 Å². The van der Waals surface area contributed by atoms with E-state index in [-0.39, 0.29) is 26.7 Å². The highest BCUT2D eigenvalue weighted by atomic mass is 35.5. The number of para-hydroxylation sites is 1. The highest BCUT2D eigenvalue weighted by molar-refractivity contribution is 6.45. The summed E-state index contributed by atoms with van der Waals surface area (Å²) in [5, 5.41) is 6.64. The van der Waals surface area contributed by atoms with Crippen molar-refractivity contribution in [2.45, 2.75) is 0 Å². The molecule has 0 saturated heterocycles. The highest BCUT2D eigenvalue weighted by Crippen LogP contribution is 2.29. The number of hydrogen-bond acceptors (Lipinski definition) is 5. The molecule has 0 radical (unpaired) electrons. The fourth-order valence-corrected chi connectivity index (χ4v) is 2.52. The standard InChI is InChI=1S/C18H11Cl2N3O4/c19-12-5-3-6-13(15(12)20)22-17(25)18(26)23-21-8-10-9-27-14-7-2-1-4-11(14)16(10)24/h1-9H,(H,22,25)(H,23,26)/b21-8+. The van der Waals surface area contributed by atoms with E-state index in [9.17, 15) is 14.4 Å². The average molecular weight is 404 g/mol. The Balaban J connectivity index is 1.68. The molecule has 2 aromatic carbocycles. The summed E-state index contributed by atoms with van der Waals surface area (Å²) in [6.45, 7) is 0. The maximum atomic E-state index is 12.3. The second-order valence-corrected chi connectivity index (χ2v) is 6.06. The fourth-order valence-electron chi connectivity index (χ4n) is 2.17. The van der Waals surface area contributed by atoms with Crippen molar-refractivity contribution in [2.24, 2.45) is 5.10 Å². The van der Waals surface area contributed by atoms with Crippen LogP contribution in [0.5, 0.6) is 0 Å². The lowest BCUT2D eigenvalue weighted by Crippen LogP contribution is -2.32. The van der Waals surface area contributed by atoms with Crippen LogP contribution in [-0.2, 0) is 9.59 Å². The van der Waals surface area contributed by atoms with E-state index in [2.05, 4.69) is 10.4 Å². The van der Waals surface area contributed by atoms with Crippen LogP contribution in [-0.4, -0.2) is 18.0 Å². The number of nitrogens with one attached hydrogen (secondary N) is 2. The van der Waals surface area contributed by atoms with Crippen LogP contribution in [0, 0.1) is 0 Å². The van der Waals surface area contributed by atoms with Crippen LogP contribution in [0.3, 0.4) is 0 Å². The maximum absolute atomic E-state index is 12.3. The molecule has 3 aromatic rings. The van der Waals surface area contributed by atoms with E-state index >= 15 is 0 Å². The van der Waals surface area contributed by atoms with E-state index in [1.165, 1.54) is 12.3 Å². The average Bonchev–Trinajstić information content (AvgIpc) is 2.67. The van der Waals surface area contributed by atoms with Gasteiger partial charge in [0.25, 0.3) is 0 Å². The van der Waals surface area contributed by atoms with Gasteiger partial charge in [0.15, 0.2) is 0 Å². The van der Waals surface area contributed by atoms with Gasteiger partial charge in [-0.25, -0.2) is 5.43 Å². The zero-order chi connectivity index (χ0) is 19.4. The van der Waals surface area contributed by atoms with Gasteiger partial charge in [-0.05, 0) is 24.3 Å². The van der Waals surface area contributed by atoms with Gasteiger partial charge in [-0.3, -0.25) is 14.4 Å². The number of hydrazone groups is 1. The molecule has 27 heavy (non-hydrogen) atoms. The molecule has 0 atom stereocenters. The second kappa shape index (κ2) is 8.03. The largest absolute Gasteiger partial charge is 0.463 e. The minimum atomic E-state index is -1.05. The number of carbonyl (C=O) groups excluding carboxylic acids is 2. The third kappa shape index (κ3) is 4.16. The number of rotatable bonds is 3. The van der Waals surface area contributed by atoms with Crippen LogP contribution < -0.4 is 16.2 Å². The molecule has 1 heterocycles. The molecule has 0 aliphatic rings. The summed E-state index contributed by atoms with van der Waals surface area (Å²) >= 11 is 11.8. The van der Waals surface area contributed by atoms with E-state index < -0.39 is 11.8 Å². The van der Waals surface area contributed by atoms with Crippen molar-refractivity contribution < 1.29 is 14.0 Å². The summed E-state index contributed by atoms with van der Waals surface area (Å²) in [4.78, 5) is 36.0. The van der Waals surface area contributed by atoms with E-state index in [1.807, 2.05) is 5.43 Å². The zero-order valence-electron chi connectivity index (χ0n) is 13.5. The summed E-state index contributed by atoms with van der Waals surface area (Å²) < 4.78 is 5.32. The topological polar surface area (TPSA) is 101 Å². The van der Waals surface area contributed by atoms with Gasteiger partial charge in [-0.2, -0.15) is 5.10 Å². The van der Waals surface area contributed by atoms with Gasteiger partial charge >= 0.3 is 11.8 Å². The third-order valence-electron chi connectivity index (χ3n) is 3.48. The molecule has 3 rings (SSSR count). The molecular formula is C18H11Cl2N3O4. The van der Waals surface area contributed by atoms with E-state index in [0.717, 1.165) is 6.21 Å². The van der Waals surface area contributed by atoms with E-state index in [1.54, 1.807) is 36.4 Å². The number of amides is 2. The Kier molecular flexibility index (Phi) is 5.54. The van der Waals surface area contributed by atoms with Crippen molar-refractivity contribution in [3.05, 3.63) is 74.6 Å². The molecule has 1 aromatic heterocycles. The van der Waals surface area contributed by atoms with Crippen molar-refractivity contribution >= 4 is 57.9 Å². The Morgan fingerprint density at radius 3 is 2.63 bits per heavy atom. The molecule has 9 heteroatoms. The summed E-state index contributed by atoms with van der Waals surface area (Å²) in [5.41, 5.74) is 2.44. The first-order chi connectivity index (χ1) is 13.0. The van der Waals surface area contributed by atoms with Crippen LogP contribution in [0.1, 0.15) is 5.56 Å². The first kappa shape index (κ1) is 18.6. The number of nitrogens with zero attached hydrogens (tertiary/aromatic N) is 1. The molecule has 0 fully saturated rings. The smallest absolute Gasteiger partial charge is 0.329 e. The Morgan fingerprint density at radius 1 is 1.04 bits per heavy atom. The van der Waals surface area contributed by atoms with E-state index in [4.69, 9.17) is 27.6 Å². The van der Waals surface area contributed by atoms with Gasteiger partial charge in [-0.15, -0.1) is 0 Å². The second-order valence-electron chi connectivity index (χ2n) is 5.27. The number of halogens is 2. The predicted octanol–water partition coefficient (Wildman–Crippen LogP) is 3.19.